The number of nitrogens with two attached hydrogens (primary N) is 1. The van der Waals surface area contributed by atoms with Crippen LogP contribution in [-0.2, 0) is 13.0 Å². The number of anilines is 3. The van der Waals surface area contributed by atoms with Crippen molar-refractivity contribution in [3.05, 3.63) is 59.4 Å². The molecule has 0 atom stereocenters. The van der Waals surface area contributed by atoms with Gasteiger partial charge in [0.25, 0.3) is 0 Å². The maximum Gasteiger partial charge on any atom is 0.387 e. The molecule has 2 aromatic heterocycles. The molecule has 0 aliphatic carbocycles. The first-order valence-corrected chi connectivity index (χ1v) is 8.18. The second-order valence-electron chi connectivity index (χ2n) is 6.05. The summed E-state index contributed by atoms with van der Waals surface area (Å²) in [5.41, 5.74) is 18.1. The Labute approximate surface area is 153 Å². The molecule has 5 N–H and O–H groups in total. The van der Waals surface area contributed by atoms with Gasteiger partial charge in [0.05, 0.1) is 18.4 Å². The van der Waals surface area contributed by atoms with Crippen molar-refractivity contribution in [3.63, 3.8) is 0 Å². The number of nitrogen functional groups attached to an aromatic ring is 1. The first-order chi connectivity index (χ1) is 13.1. The van der Waals surface area contributed by atoms with Crippen LogP contribution in [0, 0.1) is 0 Å². The van der Waals surface area contributed by atoms with Crippen LogP contribution in [0.5, 0.6) is 5.75 Å². The monoisotopic (exact) mass is 373 g/mol. The third-order valence-electron chi connectivity index (χ3n) is 4.04. The average molecular weight is 373 g/mol. The second-order valence-corrected chi connectivity index (χ2v) is 6.05. The van der Waals surface area contributed by atoms with Crippen LogP contribution in [0.15, 0.2) is 42.7 Å². The van der Waals surface area contributed by atoms with Gasteiger partial charge in [-0.3, -0.25) is 10.1 Å². The molecule has 0 fully saturated rings. The Morgan fingerprint density at radius 1 is 1.19 bits per heavy atom. The van der Waals surface area contributed by atoms with Gasteiger partial charge < -0.3 is 15.9 Å². The zero-order chi connectivity index (χ0) is 18.8. The maximum atomic E-state index is 12.3. The van der Waals surface area contributed by atoms with E-state index in [1.807, 2.05) is 18.3 Å². The highest BCUT2D eigenvalue weighted by Crippen LogP contribution is 2.30. The van der Waals surface area contributed by atoms with E-state index in [0.29, 0.717) is 24.6 Å². The van der Waals surface area contributed by atoms with Gasteiger partial charge in [0, 0.05) is 12.6 Å². The zero-order valence-electron chi connectivity index (χ0n) is 14.1. The van der Waals surface area contributed by atoms with E-state index in [1.165, 1.54) is 6.07 Å². The Morgan fingerprint density at radius 2 is 2.07 bits per heavy atom. The van der Waals surface area contributed by atoms with Gasteiger partial charge in [-0.2, -0.15) is 13.9 Å². The predicted molar refractivity (Wildman–Crippen MR) is 96.2 cm³/mol. The number of nitrogens with one attached hydrogen (secondary N) is 3. The fourth-order valence-electron chi connectivity index (χ4n) is 2.95. The number of benzene rings is 1. The molecule has 140 valence electrons. The van der Waals surface area contributed by atoms with E-state index in [-0.39, 0.29) is 5.75 Å². The van der Waals surface area contributed by atoms with Crippen molar-refractivity contribution in [1.29, 1.82) is 0 Å². The predicted octanol–water partition coefficient (Wildman–Crippen LogP) is 2.36. The lowest BCUT2D eigenvalue weighted by atomic mass is 10.1. The van der Waals surface area contributed by atoms with Crippen LogP contribution in [-0.4, -0.2) is 21.4 Å². The van der Waals surface area contributed by atoms with Crippen molar-refractivity contribution in [2.24, 2.45) is 0 Å². The molecular weight excluding hydrogens is 356 g/mol. The molecule has 0 amide bonds. The minimum Gasteiger partial charge on any atom is -0.435 e. The number of halogens is 2. The number of pyridine rings is 1. The lowest BCUT2D eigenvalue weighted by Crippen LogP contribution is -2.19. The Kier molecular flexibility index (Phi) is 4.47. The number of hydrogen-bond acceptors (Lipinski definition) is 7. The van der Waals surface area contributed by atoms with E-state index < -0.39 is 6.61 Å². The third kappa shape index (κ3) is 3.90. The molecule has 1 aliphatic heterocycles. The van der Waals surface area contributed by atoms with Crippen molar-refractivity contribution in [1.82, 2.24) is 20.3 Å². The summed E-state index contributed by atoms with van der Waals surface area (Å²) in [5.74, 6) is 1.20. The van der Waals surface area contributed by atoms with Crippen LogP contribution in [0.2, 0.25) is 0 Å². The van der Waals surface area contributed by atoms with Crippen molar-refractivity contribution < 1.29 is 13.5 Å². The van der Waals surface area contributed by atoms with Crippen LogP contribution in [0.25, 0.3) is 0 Å². The van der Waals surface area contributed by atoms with Gasteiger partial charge in [-0.15, -0.1) is 5.53 Å². The molecule has 1 aliphatic rings. The molecule has 0 radical (unpaired) electrons. The molecule has 0 bridgehead atoms. The number of hydrazine groups is 2. The van der Waals surface area contributed by atoms with Crippen LogP contribution in [0.1, 0.15) is 16.7 Å². The number of ether oxygens (including phenoxy) is 1. The van der Waals surface area contributed by atoms with Crippen LogP contribution < -0.4 is 26.9 Å². The van der Waals surface area contributed by atoms with Gasteiger partial charge in [0.2, 0.25) is 0 Å². The van der Waals surface area contributed by atoms with Gasteiger partial charge in [-0.25, -0.2) is 4.98 Å². The quantitative estimate of drug-likeness (QED) is 0.526. The lowest BCUT2D eigenvalue weighted by Gasteiger charge is -2.07. The number of nitrogens with zero attached hydrogens (tertiary/aromatic N) is 3. The van der Waals surface area contributed by atoms with Gasteiger partial charge in [-0.05, 0) is 34.9 Å². The minimum absolute atomic E-state index is 0.128. The summed E-state index contributed by atoms with van der Waals surface area (Å²) in [5, 5.41) is 4.34. The van der Waals surface area contributed by atoms with Crippen LogP contribution >= 0.6 is 0 Å². The fourth-order valence-corrected chi connectivity index (χ4v) is 2.95. The van der Waals surface area contributed by atoms with E-state index >= 15 is 0 Å². The Bertz CT molecular complexity index is 960. The molecule has 3 aromatic rings. The summed E-state index contributed by atoms with van der Waals surface area (Å²) in [6.45, 7) is -2.40. The zero-order valence-corrected chi connectivity index (χ0v) is 14.1. The average Bonchev–Trinajstić information content (AvgIpc) is 3.24. The van der Waals surface area contributed by atoms with Crippen LogP contribution in [0.4, 0.5) is 26.1 Å². The van der Waals surface area contributed by atoms with Gasteiger partial charge in [0.15, 0.2) is 5.82 Å². The SMILES string of the molecule is Nc1cc(Cc2cnn(Cc3cccc(OC(F)F)c3)c2)c2c(n1)NNN2. The molecule has 8 nitrogen and oxygen atoms in total. The summed E-state index contributed by atoms with van der Waals surface area (Å²) >= 11 is 0. The van der Waals surface area contributed by atoms with Gasteiger partial charge >= 0.3 is 6.61 Å². The molecular formula is C17H17F2N7O. The van der Waals surface area contributed by atoms with Crippen molar-refractivity contribution in [3.8, 4) is 5.75 Å². The van der Waals surface area contributed by atoms with Crippen molar-refractivity contribution in [2.75, 3.05) is 16.6 Å². The van der Waals surface area contributed by atoms with Crippen molar-refractivity contribution >= 4 is 17.3 Å². The lowest BCUT2D eigenvalue weighted by molar-refractivity contribution is -0.0498. The first-order valence-electron chi connectivity index (χ1n) is 8.18. The normalized spacial score (nSPS) is 12.6. The Hall–Kier alpha value is -3.40. The Balaban J connectivity index is 1.48. The second kappa shape index (κ2) is 7.08. The summed E-state index contributed by atoms with van der Waals surface area (Å²) in [7, 11) is 0. The number of alkyl halides is 2. The number of fused-ring (bicyclic) bond motifs is 1. The van der Waals surface area contributed by atoms with E-state index in [4.69, 9.17) is 5.73 Å². The van der Waals surface area contributed by atoms with E-state index in [1.54, 1.807) is 23.0 Å². The third-order valence-corrected chi connectivity index (χ3v) is 4.04. The number of hydrogen-bond donors (Lipinski definition) is 4. The molecule has 0 saturated carbocycles. The maximum absolute atomic E-state index is 12.3. The molecule has 3 heterocycles. The summed E-state index contributed by atoms with van der Waals surface area (Å²) in [6.07, 6.45) is 4.28. The van der Waals surface area contributed by atoms with Crippen LogP contribution in [0.3, 0.4) is 0 Å². The molecule has 1 aromatic carbocycles. The van der Waals surface area contributed by atoms with Gasteiger partial charge in [0.1, 0.15) is 11.6 Å². The highest BCUT2D eigenvalue weighted by Gasteiger charge is 2.17. The molecule has 10 heteroatoms. The summed E-state index contributed by atoms with van der Waals surface area (Å²) in [6, 6.07) is 8.38. The molecule has 27 heavy (non-hydrogen) atoms. The van der Waals surface area contributed by atoms with Gasteiger partial charge in [-0.1, -0.05) is 12.1 Å². The largest absolute Gasteiger partial charge is 0.435 e. The Morgan fingerprint density at radius 3 is 2.93 bits per heavy atom. The number of rotatable bonds is 6. The summed E-state index contributed by atoms with van der Waals surface area (Å²) in [4.78, 5) is 4.20. The van der Waals surface area contributed by atoms with E-state index in [0.717, 1.165) is 22.4 Å². The molecule has 0 spiro atoms. The minimum atomic E-state index is -2.84. The standard InChI is InChI=1S/C17H17F2N7O/c18-17(19)27-13-3-1-2-10(5-13)8-26-9-11(7-21-26)4-12-6-14(20)22-16-15(12)23-25-24-16/h1-3,5-7,9,17,23,25H,4,8H2,(H3,20,22,24). The first kappa shape index (κ1) is 17.0. The molecule has 4 rings (SSSR count). The van der Waals surface area contributed by atoms with E-state index in [2.05, 4.69) is 31.2 Å². The van der Waals surface area contributed by atoms with E-state index in [9.17, 15) is 8.78 Å². The fraction of sp³-hybridized carbons (Fsp3) is 0.176. The topological polar surface area (TPSA) is 102 Å². The van der Waals surface area contributed by atoms with Crippen molar-refractivity contribution in [2.45, 2.75) is 19.6 Å². The molecule has 0 unspecified atom stereocenters. The number of aromatic nitrogens is 3. The summed E-state index contributed by atoms with van der Waals surface area (Å²) < 4.78 is 30.9. The molecule has 0 saturated heterocycles. The smallest absolute Gasteiger partial charge is 0.387 e. The highest BCUT2D eigenvalue weighted by molar-refractivity contribution is 5.74. The highest BCUT2D eigenvalue weighted by atomic mass is 19.3.